The lowest BCUT2D eigenvalue weighted by Crippen LogP contribution is -2.48. The van der Waals surface area contributed by atoms with E-state index in [-0.39, 0.29) is 11.7 Å². The van der Waals surface area contributed by atoms with Gasteiger partial charge in [-0.15, -0.1) is 0 Å². The average molecular weight is 414 g/mol. The van der Waals surface area contributed by atoms with E-state index in [1.54, 1.807) is 28.6 Å². The van der Waals surface area contributed by atoms with Crippen molar-refractivity contribution in [2.75, 3.05) is 44.2 Å². The van der Waals surface area contributed by atoms with Gasteiger partial charge in [0.25, 0.3) is 5.91 Å². The van der Waals surface area contributed by atoms with Crippen molar-refractivity contribution in [1.82, 2.24) is 9.21 Å². The van der Waals surface area contributed by atoms with Crippen molar-refractivity contribution in [1.29, 1.82) is 0 Å². The van der Waals surface area contributed by atoms with Crippen LogP contribution in [0.3, 0.4) is 0 Å². The fourth-order valence-corrected chi connectivity index (χ4v) is 5.61. The first-order valence-electron chi connectivity index (χ1n) is 10.2. The fourth-order valence-electron chi connectivity index (χ4n) is 4.00. The van der Waals surface area contributed by atoms with Gasteiger partial charge < -0.3 is 9.80 Å². The molecule has 0 spiro atoms. The van der Waals surface area contributed by atoms with Crippen LogP contribution in [0.1, 0.15) is 28.8 Å². The van der Waals surface area contributed by atoms with Crippen molar-refractivity contribution in [3.8, 4) is 0 Å². The Labute approximate surface area is 172 Å². The molecule has 2 aliphatic rings. The number of rotatable bonds is 5. The molecule has 0 N–H and O–H groups in total. The number of hydrogen-bond acceptors (Lipinski definition) is 4. The summed E-state index contributed by atoms with van der Waals surface area (Å²) in [4.78, 5) is 17.0. The second-order valence-electron chi connectivity index (χ2n) is 7.67. The predicted octanol–water partition coefficient (Wildman–Crippen LogP) is 2.57. The first kappa shape index (κ1) is 19.9. The highest BCUT2D eigenvalue weighted by Gasteiger charge is 2.26. The minimum atomic E-state index is -3.27. The summed E-state index contributed by atoms with van der Waals surface area (Å²) < 4.78 is 26.5. The van der Waals surface area contributed by atoms with Gasteiger partial charge in [-0.2, -0.15) is 0 Å². The molecule has 0 radical (unpaired) electrons. The largest absolute Gasteiger partial charge is 0.368 e. The van der Waals surface area contributed by atoms with Gasteiger partial charge in [0.05, 0.1) is 5.75 Å². The van der Waals surface area contributed by atoms with Crippen molar-refractivity contribution in [3.05, 3.63) is 65.7 Å². The number of para-hydroxylation sites is 1. The third-order valence-electron chi connectivity index (χ3n) is 5.70. The van der Waals surface area contributed by atoms with Crippen molar-refractivity contribution in [3.63, 3.8) is 0 Å². The molecule has 29 heavy (non-hydrogen) atoms. The molecule has 6 nitrogen and oxygen atoms in total. The van der Waals surface area contributed by atoms with Crippen LogP contribution < -0.4 is 4.90 Å². The second-order valence-corrected chi connectivity index (χ2v) is 9.64. The molecule has 7 heteroatoms. The van der Waals surface area contributed by atoms with Gasteiger partial charge in [-0.25, -0.2) is 12.7 Å². The third kappa shape index (κ3) is 4.62. The Bertz CT molecular complexity index is 931. The van der Waals surface area contributed by atoms with Crippen LogP contribution in [0.4, 0.5) is 5.69 Å². The molecule has 2 aromatic rings. The standard InChI is InChI=1S/C22H27N3O3S/c26-22(24-16-14-23(15-17-24)21-6-2-1-3-7-21)20-10-8-19(9-11-20)18-29(27,28)25-12-4-5-13-25/h1-3,6-11H,4-5,12-18H2. The van der Waals surface area contributed by atoms with Crippen LogP contribution in [0.2, 0.25) is 0 Å². The van der Waals surface area contributed by atoms with Gasteiger partial charge in [-0.05, 0) is 42.7 Å². The van der Waals surface area contributed by atoms with Gasteiger partial charge in [0.15, 0.2) is 0 Å². The highest BCUT2D eigenvalue weighted by atomic mass is 32.2. The van der Waals surface area contributed by atoms with E-state index in [0.717, 1.165) is 31.5 Å². The minimum absolute atomic E-state index is 0.00276. The van der Waals surface area contributed by atoms with E-state index in [1.165, 1.54) is 5.69 Å². The van der Waals surface area contributed by atoms with Crippen LogP contribution in [0.15, 0.2) is 54.6 Å². The van der Waals surface area contributed by atoms with Gasteiger partial charge in [-0.1, -0.05) is 30.3 Å². The number of benzene rings is 2. The van der Waals surface area contributed by atoms with Crippen LogP contribution in [0.25, 0.3) is 0 Å². The van der Waals surface area contributed by atoms with Gasteiger partial charge in [0.2, 0.25) is 10.0 Å². The summed E-state index contributed by atoms with van der Waals surface area (Å²) in [5.41, 5.74) is 2.52. The van der Waals surface area contributed by atoms with Crippen LogP contribution in [-0.2, 0) is 15.8 Å². The highest BCUT2D eigenvalue weighted by molar-refractivity contribution is 7.88. The van der Waals surface area contributed by atoms with E-state index in [9.17, 15) is 13.2 Å². The molecule has 0 bridgehead atoms. The van der Waals surface area contributed by atoms with E-state index >= 15 is 0 Å². The normalized spacial score (nSPS) is 18.2. The lowest BCUT2D eigenvalue weighted by molar-refractivity contribution is 0.0747. The lowest BCUT2D eigenvalue weighted by Gasteiger charge is -2.36. The number of sulfonamides is 1. The maximum atomic E-state index is 12.8. The number of nitrogens with zero attached hydrogens (tertiary/aromatic N) is 3. The van der Waals surface area contributed by atoms with Crippen LogP contribution >= 0.6 is 0 Å². The number of hydrogen-bond donors (Lipinski definition) is 0. The summed E-state index contributed by atoms with van der Waals surface area (Å²) >= 11 is 0. The van der Waals surface area contributed by atoms with Gasteiger partial charge in [0, 0.05) is 50.5 Å². The first-order valence-corrected chi connectivity index (χ1v) is 11.8. The smallest absolute Gasteiger partial charge is 0.253 e. The molecule has 1 amide bonds. The molecule has 2 aromatic carbocycles. The van der Waals surface area contributed by atoms with E-state index in [0.29, 0.717) is 31.7 Å². The first-order chi connectivity index (χ1) is 14.0. The molecule has 0 unspecified atom stereocenters. The Hall–Kier alpha value is -2.38. The maximum absolute atomic E-state index is 12.8. The quantitative estimate of drug-likeness (QED) is 0.756. The van der Waals surface area contributed by atoms with Crippen LogP contribution in [0, 0.1) is 0 Å². The molecule has 2 saturated heterocycles. The predicted molar refractivity (Wildman–Crippen MR) is 114 cm³/mol. The van der Waals surface area contributed by atoms with E-state index < -0.39 is 10.0 Å². The zero-order chi connectivity index (χ0) is 20.3. The van der Waals surface area contributed by atoms with E-state index in [2.05, 4.69) is 17.0 Å². The Kier molecular flexibility index (Phi) is 5.87. The zero-order valence-electron chi connectivity index (χ0n) is 16.5. The summed E-state index contributed by atoms with van der Waals surface area (Å²) in [5, 5.41) is 0. The summed E-state index contributed by atoms with van der Waals surface area (Å²) in [6.07, 6.45) is 1.87. The zero-order valence-corrected chi connectivity index (χ0v) is 17.4. The van der Waals surface area contributed by atoms with Gasteiger partial charge in [-0.3, -0.25) is 4.79 Å². The summed E-state index contributed by atoms with van der Waals surface area (Å²) in [6, 6.07) is 17.3. The number of amides is 1. The van der Waals surface area contributed by atoms with E-state index in [4.69, 9.17) is 0 Å². The monoisotopic (exact) mass is 413 g/mol. The molecule has 0 aromatic heterocycles. The molecule has 4 rings (SSSR count). The Morgan fingerprint density at radius 3 is 2.03 bits per heavy atom. The summed E-state index contributed by atoms with van der Waals surface area (Å²) in [6.45, 7) is 4.21. The Balaban J connectivity index is 1.35. The maximum Gasteiger partial charge on any atom is 0.253 e. The SMILES string of the molecule is O=C(c1ccc(CS(=O)(=O)N2CCCC2)cc1)N1CCN(c2ccccc2)CC1. The molecular weight excluding hydrogens is 386 g/mol. The fraction of sp³-hybridized carbons (Fsp3) is 0.409. The van der Waals surface area contributed by atoms with Crippen molar-refractivity contribution in [2.45, 2.75) is 18.6 Å². The Morgan fingerprint density at radius 1 is 0.793 bits per heavy atom. The number of carbonyl (C=O) groups excluding carboxylic acids is 1. The molecule has 2 fully saturated rings. The molecule has 2 heterocycles. The third-order valence-corrected chi connectivity index (χ3v) is 7.55. The molecule has 0 aliphatic carbocycles. The number of piperazine rings is 1. The topological polar surface area (TPSA) is 60.9 Å². The average Bonchev–Trinajstić information content (AvgIpc) is 3.30. The summed E-state index contributed by atoms with van der Waals surface area (Å²) in [7, 11) is -3.27. The Morgan fingerprint density at radius 2 is 1.41 bits per heavy atom. The van der Waals surface area contributed by atoms with E-state index in [1.807, 2.05) is 23.1 Å². The highest BCUT2D eigenvalue weighted by Crippen LogP contribution is 2.19. The second kappa shape index (κ2) is 8.55. The van der Waals surface area contributed by atoms with Crippen molar-refractivity contribution < 1.29 is 13.2 Å². The number of anilines is 1. The van der Waals surface area contributed by atoms with Crippen LogP contribution in [-0.4, -0.2) is 62.8 Å². The van der Waals surface area contributed by atoms with Crippen molar-refractivity contribution >= 4 is 21.6 Å². The molecular formula is C22H27N3O3S. The van der Waals surface area contributed by atoms with Crippen molar-refractivity contribution in [2.24, 2.45) is 0 Å². The number of carbonyl (C=O) groups is 1. The molecule has 0 saturated carbocycles. The van der Waals surface area contributed by atoms with Gasteiger partial charge >= 0.3 is 0 Å². The molecule has 154 valence electrons. The van der Waals surface area contributed by atoms with Crippen LogP contribution in [0.5, 0.6) is 0 Å². The minimum Gasteiger partial charge on any atom is -0.368 e. The summed E-state index contributed by atoms with van der Waals surface area (Å²) in [5.74, 6) is 0.00341. The van der Waals surface area contributed by atoms with Gasteiger partial charge in [0.1, 0.15) is 0 Å². The molecule has 2 aliphatic heterocycles. The lowest BCUT2D eigenvalue weighted by atomic mass is 10.1. The molecule has 0 atom stereocenters.